The Morgan fingerprint density at radius 3 is 2.50 bits per heavy atom. The van der Waals surface area contributed by atoms with Gasteiger partial charge in [-0.2, -0.15) is 0 Å². The Morgan fingerprint density at radius 2 is 1.80 bits per heavy atom. The first-order valence-corrected chi connectivity index (χ1v) is 11.9. The number of benzene rings is 2. The maximum Gasteiger partial charge on any atom is 0.240 e. The zero-order valence-corrected chi connectivity index (χ0v) is 18.3. The minimum absolute atomic E-state index is 0.200. The Balaban J connectivity index is 1.39. The van der Waals surface area contributed by atoms with Crippen molar-refractivity contribution in [3.8, 4) is 5.75 Å². The van der Waals surface area contributed by atoms with Gasteiger partial charge in [0.1, 0.15) is 11.4 Å². The van der Waals surface area contributed by atoms with Gasteiger partial charge in [0.25, 0.3) is 0 Å². The lowest BCUT2D eigenvalue weighted by molar-refractivity contribution is -0.128. The Hall–Kier alpha value is -2.38. The van der Waals surface area contributed by atoms with Gasteiger partial charge in [0.2, 0.25) is 15.9 Å². The highest BCUT2D eigenvalue weighted by atomic mass is 32.2. The van der Waals surface area contributed by atoms with E-state index < -0.39 is 10.0 Å². The highest BCUT2D eigenvalue weighted by Gasteiger charge is 2.27. The summed E-state index contributed by atoms with van der Waals surface area (Å²) >= 11 is 0. The van der Waals surface area contributed by atoms with Crippen LogP contribution in [0, 0.1) is 0 Å². The van der Waals surface area contributed by atoms with Crippen molar-refractivity contribution in [3.63, 3.8) is 0 Å². The molecule has 0 radical (unpaired) electrons. The summed E-state index contributed by atoms with van der Waals surface area (Å²) in [5.41, 5.74) is 2.63. The van der Waals surface area contributed by atoms with E-state index >= 15 is 0 Å². The number of carbonyl (C=O) groups excluding carboxylic acids is 1. The van der Waals surface area contributed by atoms with Crippen molar-refractivity contribution >= 4 is 15.9 Å². The van der Waals surface area contributed by atoms with E-state index in [0.29, 0.717) is 13.0 Å². The molecule has 2 aliphatic rings. The summed E-state index contributed by atoms with van der Waals surface area (Å²) in [6, 6.07) is 12.8. The highest BCUT2D eigenvalue weighted by molar-refractivity contribution is 7.89. The molecular formula is C23H28N2O4S. The Kier molecular flexibility index (Phi) is 5.59. The largest absolute Gasteiger partial charge is 0.488 e. The van der Waals surface area contributed by atoms with Gasteiger partial charge < -0.3 is 9.64 Å². The molecule has 2 aromatic rings. The van der Waals surface area contributed by atoms with Crippen LogP contribution in [-0.4, -0.2) is 31.4 Å². The lowest BCUT2D eigenvalue weighted by Gasteiger charge is -2.32. The number of amides is 1. The SMILES string of the molecule is CC1(C)CCc2cc(S(=O)(=O)NCc3ccc(CN4CCCC4=O)cc3)ccc2O1. The molecule has 1 amide bonds. The van der Waals surface area contributed by atoms with Crippen LogP contribution in [0.1, 0.15) is 49.8 Å². The molecule has 1 N–H and O–H groups in total. The monoisotopic (exact) mass is 428 g/mol. The van der Waals surface area contributed by atoms with Crippen molar-refractivity contribution in [1.82, 2.24) is 9.62 Å². The molecule has 0 aliphatic carbocycles. The highest BCUT2D eigenvalue weighted by Crippen LogP contribution is 2.34. The molecule has 0 aromatic heterocycles. The third kappa shape index (κ3) is 4.68. The third-order valence-electron chi connectivity index (χ3n) is 5.76. The number of rotatable bonds is 6. The van der Waals surface area contributed by atoms with E-state index in [1.165, 1.54) is 0 Å². The van der Waals surface area contributed by atoms with Crippen LogP contribution >= 0.6 is 0 Å². The molecule has 1 saturated heterocycles. The van der Waals surface area contributed by atoms with Crippen LogP contribution < -0.4 is 9.46 Å². The van der Waals surface area contributed by atoms with E-state index in [4.69, 9.17) is 4.74 Å². The number of sulfonamides is 1. The van der Waals surface area contributed by atoms with Crippen LogP contribution in [0.5, 0.6) is 5.75 Å². The van der Waals surface area contributed by atoms with E-state index in [-0.39, 0.29) is 22.9 Å². The number of nitrogens with one attached hydrogen (secondary N) is 1. The first kappa shape index (κ1) is 20.9. The fraction of sp³-hybridized carbons (Fsp3) is 0.435. The smallest absolute Gasteiger partial charge is 0.240 e. The maximum absolute atomic E-state index is 12.8. The minimum atomic E-state index is -3.62. The topological polar surface area (TPSA) is 75.7 Å². The average molecular weight is 429 g/mol. The average Bonchev–Trinajstić information content (AvgIpc) is 3.11. The van der Waals surface area contributed by atoms with E-state index in [2.05, 4.69) is 4.72 Å². The number of hydrogen-bond acceptors (Lipinski definition) is 4. The molecular weight excluding hydrogens is 400 g/mol. The first-order chi connectivity index (χ1) is 14.2. The summed E-state index contributed by atoms with van der Waals surface area (Å²) in [7, 11) is -3.62. The summed E-state index contributed by atoms with van der Waals surface area (Å²) in [5, 5.41) is 0. The van der Waals surface area contributed by atoms with Crippen LogP contribution in [0.15, 0.2) is 47.4 Å². The van der Waals surface area contributed by atoms with Crippen molar-refractivity contribution in [2.75, 3.05) is 6.54 Å². The van der Waals surface area contributed by atoms with Gasteiger partial charge in [0.15, 0.2) is 0 Å². The molecule has 2 heterocycles. The van der Waals surface area contributed by atoms with E-state index in [1.54, 1.807) is 18.2 Å². The number of fused-ring (bicyclic) bond motifs is 1. The minimum Gasteiger partial charge on any atom is -0.488 e. The zero-order chi connectivity index (χ0) is 21.4. The van der Waals surface area contributed by atoms with Crippen molar-refractivity contribution in [2.24, 2.45) is 0 Å². The number of carbonyl (C=O) groups is 1. The van der Waals surface area contributed by atoms with Gasteiger partial charge in [0, 0.05) is 26.1 Å². The second-order valence-electron chi connectivity index (χ2n) is 8.69. The van der Waals surface area contributed by atoms with Gasteiger partial charge in [-0.15, -0.1) is 0 Å². The quantitative estimate of drug-likeness (QED) is 0.765. The molecule has 30 heavy (non-hydrogen) atoms. The lowest BCUT2D eigenvalue weighted by Crippen LogP contribution is -2.32. The Bertz CT molecular complexity index is 1050. The van der Waals surface area contributed by atoms with Crippen molar-refractivity contribution < 1.29 is 17.9 Å². The lowest BCUT2D eigenvalue weighted by atomic mass is 9.94. The molecule has 160 valence electrons. The van der Waals surface area contributed by atoms with Gasteiger partial charge in [0.05, 0.1) is 4.90 Å². The second kappa shape index (κ2) is 8.04. The normalized spacial score (nSPS) is 18.2. The molecule has 1 fully saturated rings. The molecule has 6 nitrogen and oxygen atoms in total. The zero-order valence-electron chi connectivity index (χ0n) is 17.5. The van der Waals surface area contributed by atoms with Gasteiger partial charge in [-0.3, -0.25) is 4.79 Å². The number of hydrogen-bond donors (Lipinski definition) is 1. The second-order valence-corrected chi connectivity index (χ2v) is 10.5. The van der Waals surface area contributed by atoms with Gasteiger partial charge in [-0.1, -0.05) is 24.3 Å². The van der Waals surface area contributed by atoms with Gasteiger partial charge in [-0.05, 0) is 68.0 Å². The molecule has 0 saturated carbocycles. The van der Waals surface area contributed by atoms with E-state index in [9.17, 15) is 13.2 Å². The van der Waals surface area contributed by atoms with Gasteiger partial charge >= 0.3 is 0 Å². The third-order valence-corrected chi connectivity index (χ3v) is 7.16. The van der Waals surface area contributed by atoms with Crippen LogP contribution in [0.3, 0.4) is 0 Å². The van der Waals surface area contributed by atoms with Crippen LogP contribution in [0.4, 0.5) is 0 Å². The molecule has 0 unspecified atom stereocenters. The van der Waals surface area contributed by atoms with E-state index in [0.717, 1.165) is 48.2 Å². The molecule has 0 atom stereocenters. The number of aryl methyl sites for hydroxylation is 1. The molecule has 4 rings (SSSR count). The summed E-state index contributed by atoms with van der Waals surface area (Å²) in [5.74, 6) is 0.961. The molecule has 0 bridgehead atoms. The first-order valence-electron chi connectivity index (χ1n) is 10.4. The summed E-state index contributed by atoms with van der Waals surface area (Å²) in [6.07, 6.45) is 3.21. The summed E-state index contributed by atoms with van der Waals surface area (Å²) in [4.78, 5) is 13.9. The predicted molar refractivity (Wildman–Crippen MR) is 115 cm³/mol. The summed E-state index contributed by atoms with van der Waals surface area (Å²) in [6.45, 7) is 5.71. The number of likely N-dealkylation sites (tertiary alicyclic amines) is 1. The predicted octanol–water partition coefficient (Wildman–Crippen LogP) is 3.39. The molecule has 7 heteroatoms. The fourth-order valence-electron chi connectivity index (χ4n) is 3.92. The van der Waals surface area contributed by atoms with Crippen molar-refractivity contribution in [1.29, 1.82) is 0 Å². The molecule has 2 aromatic carbocycles. The number of nitrogens with zero attached hydrogens (tertiary/aromatic N) is 1. The Morgan fingerprint density at radius 1 is 1.07 bits per heavy atom. The fourth-order valence-corrected chi connectivity index (χ4v) is 4.99. The summed E-state index contributed by atoms with van der Waals surface area (Å²) < 4.78 is 34.1. The van der Waals surface area contributed by atoms with Crippen molar-refractivity contribution in [3.05, 3.63) is 59.2 Å². The van der Waals surface area contributed by atoms with Crippen LogP contribution in [-0.2, 0) is 34.3 Å². The van der Waals surface area contributed by atoms with Crippen molar-refractivity contribution in [2.45, 2.75) is 63.1 Å². The van der Waals surface area contributed by atoms with Gasteiger partial charge in [-0.25, -0.2) is 13.1 Å². The molecule has 0 spiro atoms. The number of ether oxygens (including phenoxy) is 1. The Labute approximate surface area is 178 Å². The van der Waals surface area contributed by atoms with E-state index in [1.807, 2.05) is 43.0 Å². The standard InChI is InChI=1S/C23H28N2O4S/c1-23(2)12-11-19-14-20(9-10-21(19)29-23)30(27,28)24-15-17-5-7-18(8-6-17)16-25-13-3-4-22(25)26/h5-10,14,24H,3-4,11-13,15-16H2,1-2H3. The van der Waals surface area contributed by atoms with Crippen LogP contribution in [0.2, 0.25) is 0 Å². The molecule has 2 aliphatic heterocycles. The maximum atomic E-state index is 12.8. The van der Waals surface area contributed by atoms with Crippen LogP contribution in [0.25, 0.3) is 0 Å².